The summed E-state index contributed by atoms with van der Waals surface area (Å²) in [4.78, 5) is 20.8. The minimum absolute atomic E-state index is 0.0171. The highest BCUT2D eigenvalue weighted by Gasteiger charge is 2.25. The molecule has 182 valence electrons. The number of fused-ring (bicyclic) bond motifs is 1. The molecule has 9 heteroatoms. The number of aromatic nitrogens is 5. The maximum absolute atomic E-state index is 10.9. The fraction of sp³-hybridized carbons (Fsp3) is 0.385. The van der Waals surface area contributed by atoms with Crippen LogP contribution in [0.5, 0.6) is 0 Å². The third kappa shape index (κ3) is 4.94. The molecule has 0 saturated carbocycles. The SMILES string of the molecule is Cn1cc(-c2cn3ncc(Cl)c3c(-c3ccc(N4CCN(CC(C)(C)CC=O)CC4)cc3)n2)cn1. The van der Waals surface area contributed by atoms with E-state index in [0.717, 1.165) is 67.0 Å². The number of aldehydes is 1. The van der Waals surface area contributed by atoms with Gasteiger partial charge in [-0.2, -0.15) is 10.2 Å². The van der Waals surface area contributed by atoms with Gasteiger partial charge in [0, 0.05) is 69.2 Å². The van der Waals surface area contributed by atoms with Crippen molar-refractivity contribution in [2.24, 2.45) is 12.5 Å². The Morgan fingerprint density at radius 2 is 1.74 bits per heavy atom. The predicted molar refractivity (Wildman–Crippen MR) is 139 cm³/mol. The summed E-state index contributed by atoms with van der Waals surface area (Å²) in [5.74, 6) is 0. The molecule has 8 nitrogen and oxygen atoms in total. The zero-order chi connectivity index (χ0) is 24.6. The molecule has 0 amide bonds. The summed E-state index contributed by atoms with van der Waals surface area (Å²) in [6.07, 6.45) is 8.90. The van der Waals surface area contributed by atoms with Gasteiger partial charge in [-0.3, -0.25) is 9.58 Å². The van der Waals surface area contributed by atoms with E-state index in [1.165, 1.54) is 5.69 Å². The first-order chi connectivity index (χ1) is 16.8. The average molecular weight is 492 g/mol. The van der Waals surface area contributed by atoms with Crippen LogP contribution in [0.3, 0.4) is 0 Å². The Kier molecular flexibility index (Phi) is 6.34. The van der Waals surface area contributed by atoms with Gasteiger partial charge in [-0.1, -0.05) is 37.6 Å². The molecule has 1 fully saturated rings. The van der Waals surface area contributed by atoms with Crippen LogP contribution in [0.4, 0.5) is 5.69 Å². The van der Waals surface area contributed by atoms with Gasteiger partial charge in [0.05, 0.1) is 35.0 Å². The quantitative estimate of drug-likeness (QED) is 0.361. The number of halogens is 1. The highest BCUT2D eigenvalue weighted by Crippen LogP contribution is 2.32. The second-order valence-corrected chi connectivity index (χ2v) is 10.4. The van der Waals surface area contributed by atoms with Crippen LogP contribution in [0, 0.1) is 5.41 Å². The van der Waals surface area contributed by atoms with Gasteiger partial charge in [0.1, 0.15) is 11.8 Å². The summed E-state index contributed by atoms with van der Waals surface area (Å²) in [7, 11) is 1.89. The molecule has 4 heterocycles. The fourth-order valence-corrected chi connectivity index (χ4v) is 4.98. The minimum Gasteiger partial charge on any atom is -0.369 e. The monoisotopic (exact) mass is 491 g/mol. The number of rotatable bonds is 7. The van der Waals surface area contributed by atoms with Gasteiger partial charge in [0.15, 0.2) is 0 Å². The Hall–Kier alpha value is -3.23. The molecule has 0 aliphatic carbocycles. The lowest BCUT2D eigenvalue weighted by Gasteiger charge is -2.39. The van der Waals surface area contributed by atoms with Crippen LogP contribution in [0.1, 0.15) is 20.3 Å². The topological polar surface area (TPSA) is 71.6 Å². The van der Waals surface area contributed by atoms with E-state index in [9.17, 15) is 4.79 Å². The zero-order valence-corrected chi connectivity index (χ0v) is 21.1. The van der Waals surface area contributed by atoms with Gasteiger partial charge < -0.3 is 9.69 Å². The molecule has 0 unspecified atom stereocenters. The molecule has 1 saturated heterocycles. The first kappa shape index (κ1) is 23.5. The van der Waals surface area contributed by atoms with Crippen molar-refractivity contribution in [1.29, 1.82) is 0 Å². The smallest absolute Gasteiger partial charge is 0.120 e. The van der Waals surface area contributed by atoms with Crippen molar-refractivity contribution in [3.63, 3.8) is 0 Å². The number of piperazine rings is 1. The van der Waals surface area contributed by atoms with Gasteiger partial charge in [0.2, 0.25) is 0 Å². The largest absolute Gasteiger partial charge is 0.369 e. The summed E-state index contributed by atoms with van der Waals surface area (Å²) >= 11 is 6.49. The molecule has 4 aromatic rings. The Morgan fingerprint density at radius 1 is 1.00 bits per heavy atom. The van der Waals surface area contributed by atoms with Crippen molar-refractivity contribution < 1.29 is 4.79 Å². The Morgan fingerprint density at radius 3 is 2.40 bits per heavy atom. The van der Waals surface area contributed by atoms with E-state index in [4.69, 9.17) is 16.6 Å². The number of nitrogens with zero attached hydrogens (tertiary/aromatic N) is 7. The van der Waals surface area contributed by atoms with E-state index in [1.807, 2.05) is 19.4 Å². The van der Waals surface area contributed by atoms with Crippen molar-refractivity contribution in [1.82, 2.24) is 29.3 Å². The highest BCUT2D eigenvalue weighted by atomic mass is 35.5. The van der Waals surface area contributed by atoms with Crippen molar-refractivity contribution in [2.75, 3.05) is 37.6 Å². The molecular formula is C26H30ClN7O. The summed E-state index contributed by atoms with van der Waals surface area (Å²) in [5.41, 5.74) is 5.50. The first-order valence-corrected chi connectivity index (χ1v) is 12.2. The van der Waals surface area contributed by atoms with E-state index in [2.05, 4.69) is 58.1 Å². The molecule has 35 heavy (non-hydrogen) atoms. The Bertz CT molecular complexity index is 1330. The fourth-order valence-electron chi connectivity index (χ4n) is 4.76. The van der Waals surface area contributed by atoms with Crippen LogP contribution in [-0.2, 0) is 11.8 Å². The third-order valence-electron chi connectivity index (χ3n) is 6.62. The molecule has 1 aliphatic rings. The van der Waals surface area contributed by atoms with Crippen LogP contribution >= 0.6 is 11.6 Å². The van der Waals surface area contributed by atoms with Gasteiger partial charge in [-0.25, -0.2) is 9.50 Å². The maximum atomic E-state index is 10.9. The lowest BCUT2D eigenvalue weighted by atomic mass is 9.89. The number of benzene rings is 1. The Balaban J connectivity index is 1.36. The van der Waals surface area contributed by atoms with Crippen molar-refractivity contribution in [2.45, 2.75) is 20.3 Å². The predicted octanol–water partition coefficient (Wildman–Crippen LogP) is 4.19. The molecule has 0 spiro atoms. The van der Waals surface area contributed by atoms with E-state index in [1.54, 1.807) is 21.6 Å². The third-order valence-corrected chi connectivity index (χ3v) is 6.89. The van der Waals surface area contributed by atoms with E-state index in [0.29, 0.717) is 11.4 Å². The van der Waals surface area contributed by atoms with Crippen LogP contribution in [0.15, 0.2) is 49.1 Å². The minimum atomic E-state index is 0.0171. The standard InChI is InChI=1S/C26H30ClN7O/c1-26(2,8-13-35)18-32-9-11-33(12-10-32)21-6-4-19(5-7-21)24-25-22(27)15-29-34(25)17-23(30-24)20-14-28-31(3)16-20/h4-7,13-17H,8-12,18H2,1-3H3. The molecular weight excluding hydrogens is 462 g/mol. The van der Waals surface area contributed by atoms with E-state index >= 15 is 0 Å². The van der Waals surface area contributed by atoms with Crippen molar-refractivity contribution in [3.05, 3.63) is 54.1 Å². The first-order valence-electron chi connectivity index (χ1n) is 11.9. The number of hydrogen-bond acceptors (Lipinski definition) is 6. The number of anilines is 1. The van der Waals surface area contributed by atoms with Crippen LogP contribution < -0.4 is 4.90 Å². The van der Waals surface area contributed by atoms with Gasteiger partial charge in [0.25, 0.3) is 0 Å². The normalized spacial score (nSPS) is 15.1. The zero-order valence-electron chi connectivity index (χ0n) is 20.4. The molecule has 1 aromatic carbocycles. The molecule has 0 atom stereocenters. The second-order valence-electron chi connectivity index (χ2n) is 10.0. The van der Waals surface area contributed by atoms with Gasteiger partial charge in [-0.05, 0) is 17.5 Å². The second kappa shape index (κ2) is 9.43. The summed E-state index contributed by atoms with van der Waals surface area (Å²) in [6.45, 7) is 9.17. The molecule has 3 aromatic heterocycles. The van der Waals surface area contributed by atoms with Crippen LogP contribution in [0.25, 0.3) is 28.0 Å². The lowest BCUT2D eigenvalue weighted by Crippen LogP contribution is -2.49. The highest BCUT2D eigenvalue weighted by molar-refractivity contribution is 6.34. The molecule has 0 bridgehead atoms. The molecule has 0 radical (unpaired) electrons. The number of carbonyl (C=O) groups excluding carboxylic acids is 1. The van der Waals surface area contributed by atoms with Gasteiger partial charge in [-0.15, -0.1) is 0 Å². The summed E-state index contributed by atoms with van der Waals surface area (Å²) in [6, 6.07) is 8.52. The molecule has 1 aliphatic heterocycles. The maximum Gasteiger partial charge on any atom is 0.120 e. The summed E-state index contributed by atoms with van der Waals surface area (Å²) in [5, 5.41) is 9.26. The van der Waals surface area contributed by atoms with Crippen molar-refractivity contribution in [3.8, 4) is 22.5 Å². The van der Waals surface area contributed by atoms with Crippen LogP contribution in [0.2, 0.25) is 5.02 Å². The van der Waals surface area contributed by atoms with E-state index in [-0.39, 0.29) is 5.41 Å². The van der Waals surface area contributed by atoms with Gasteiger partial charge >= 0.3 is 0 Å². The van der Waals surface area contributed by atoms with E-state index < -0.39 is 0 Å². The van der Waals surface area contributed by atoms with Crippen LogP contribution in [-0.4, -0.2) is 68.3 Å². The molecule has 5 rings (SSSR count). The molecule has 0 N–H and O–H groups in total. The number of aryl methyl sites for hydroxylation is 1. The lowest BCUT2D eigenvalue weighted by molar-refractivity contribution is -0.109. The number of hydrogen-bond donors (Lipinski definition) is 0. The van der Waals surface area contributed by atoms with Crippen molar-refractivity contribution >= 4 is 29.1 Å². The average Bonchev–Trinajstić information content (AvgIpc) is 3.44. The Labute approximate surface area is 210 Å². The summed E-state index contributed by atoms with van der Waals surface area (Å²) < 4.78 is 3.54. The number of carbonyl (C=O) groups is 1.